The number of thiophene rings is 3. The van der Waals surface area contributed by atoms with Gasteiger partial charge in [-0.05, 0) is 259 Å². The van der Waals surface area contributed by atoms with Crippen molar-refractivity contribution >= 4 is 170 Å². The van der Waals surface area contributed by atoms with Crippen molar-refractivity contribution in [3.8, 4) is 55.6 Å². The van der Waals surface area contributed by atoms with Crippen molar-refractivity contribution in [3.63, 3.8) is 0 Å². The first-order chi connectivity index (χ1) is 57.9. The van der Waals surface area contributed by atoms with E-state index in [1.807, 2.05) is 34.0 Å². The number of anilines is 6. The summed E-state index contributed by atoms with van der Waals surface area (Å²) in [6.45, 7) is 26.1. The molecule has 4 aliphatic rings. The highest BCUT2D eigenvalue weighted by Crippen LogP contribution is 2.55. The smallest absolute Gasteiger partial charge is 0.399 e. The Morgan fingerprint density at radius 3 is 0.917 bits per heavy atom. The zero-order valence-corrected chi connectivity index (χ0v) is 73.6. The summed E-state index contributed by atoms with van der Waals surface area (Å²) in [6.07, 6.45) is 0. The standard InChI is InChI=1S/C42H43B2NO4S.C39H29NS.C27H19BrS/c1-39(2)40(3,4)47-43(46-39)29-18-24-32(25-19-29)45(33-26-20-30(21-27-33)44-48-41(5,6)42(7,8)49-44)31-22-16-28(17-23-31)34-13-11-14-36-35-12-9-10-15-37(35)50-38(34)36;1-39(2)35-24-26(30-17-11-18-34-33-16-9-10-19-37(33)41-38(30)34)20-22-31(35)32-23-21-29(25-36(32)39)40(27-12-5-3-6-13-27)28-14-7-4-8-15-28;1-27(2)23-14-16(10-12-19(23)20-13-11-17(28)15-24(20)27)18-7-5-8-22-21-6-3-4-9-25(21)29-26(18)22/h9-27H,1-8H3;3-25H,1-2H3;3-15H,1-2H3. The predicted octanol–water partition coefficient (Wildman–Crippen LogP) is 30.1. The average Bonchev–Trinajstić information content (AvgIpc) is 1.57. The van der Waals surface area contributed by atoms with E-state index in [4.69, 9.17) is 18.6 Å². The fourth-order valence-electron chi connectivity index (χ4n) is 18.2. The van der Waals surface area contributed by atoms with E-state index in [9.17, 15) is 0 Å². The molecule has 0 saturated carbocycles. The molecule has 12 heteroatoms. The first-order valence-electron chi connectivity index (χ1n) is 41.5. The molecule has 2 fully saturated rings. The minimum atomic E-state index is -0.419. The lowest BCUT2D eigenvalue weighted by Gasteiger charge is -2.32. The first-order valence-corrected chi connectivity index (χ1v) is 44.8. The van der Waals surface area contributed by atoms with Crippen LogP contribution in [0.3, 0.4) is 0 Å². The molecule has 18 aromatic rings. The summed E-state index contributed by atoms with van der Waals surface area (Å²) in [7, 11) is -0.838. The van der Waals surface area contributed by atoms with Crippen molar-refractivity contribution in [1.82, 2.24) is 0 Å². The average molecular weight is 1680 g/mol. The summed E-state index contributed by atoms with van der Waals surface area (Å²) >= 11 is 9.31. The molecule has 0 spiro atoms. The van der Waals surface area contributed by atoms with Gasteiger partial charge in [-0.3, -0.25) is 0 Å². The molecule has 3 aromatic heterocycles. The maximum absolute atomic E-state index is 6.36. The van der Waals surface area contributed by atoms with E-state index in [1.54, 1.807) is 0 Å². The molecule has 5 heterocycles. The number of fused-ring (bicyclic) bond motifs is 15. The largest absolute Gasteiger partial charge is 0.494 e. The van der Waals surface area contributed by atoms with Gasteiger partial charge in [0.1, 0.15) is 0 Å². The normalized spacial score (nSPS) is 15.9. The second-order valence-corrected chi connectivity index (χ2v) is 39.4. The van der Waals surface area contributed by atoms with Crippen molar-refractivity contribution < 1.29 is 18.6 Å². The molecule has 0 amide bonds. The van der Waals surface area contributed by atoms with E-state index >= 15 is 0 Å². The maximum atomic E-state index is 6.36. The zero-order chi connectivity index (χ0) is 82.4. The van der Waals surface area contributed by atoms with Gasteiger partial charge in [0.15, 0.2) is 0 Å². The lowest BCUT2D eigenvalue weighted by Crippen LogP contribution is -2.41. The molecule has 22 rings (SSSR count). The van der Waals surface area contributed by atoms with E-state index in [0.717, 1.165) is 43.8 Å². The Morgan fingerprint density at radius 1 is 0.242 bits per heavy atom. The third-order valence-corrected chi connectivity index (χ3v) is 30.4. The van der Waals surface area contributed by atoms with E-state index in [0.29, 0.717) is 0 Å². The molecule has 0 atom stereocenters. The topological polar surface area (TPSA) is 43.4 Å². The number of halogens is 1. The van der Waals surface area contributed by atoms with Gasteiger partial charge in [-0.15, -0.1) is 34.0 Å². The van der Waals surface area contributed by atoms with E-state index in [2.05, 4.69) is 442 Å². The van der Waals surface area contributed by atoms with Gasteiger partial charge in [0.2, 0.25) is 0 Å². The van der Waals surface area contributed by atoms with Crippen LogP contribution in [0.4, 0.5) is 34.1 Å². The van der Waals surface area contributed by atoms with Crippen LogP contribution < -0.4 is 20.7 Å². The minimum absolute atomic E-state index is 0.00147. The van der Waals surface area contributed by atoms with Gasteiger partial charge in [0, 0.05) is 110 Å². The van der Waals surface area contributed by atoms with Crippen LogP contribution in [0.5, 0.6) is 0 Å². The number of para-hydroxylation sites is 2. The van der Waals surface area contributed by atoms with Crippen LogP contribution >= 0.6 is 49.9 Å². The third kappa shape index (κ3) is 13.4. The first kappa shape index (κ1) is 77.6. The van der Waals surface area contributed by atoms with Crippen molar-refractivity contribution in [1.29, 1.82) is 0 Å². The lowest BCUT2D eigenvalue weighted by molar-refractivity contribution is 0.00578. The third-order valence-electron chi connectivity index (χ3n) is 26.2. The van der Waals surface area contributed by atoms with Gasteiger partial charge in [0.05, 0.1) is 22.4 Å². The molecule has 2 aliphatic heterocycles. The van der Waals surface area contributed by atoms with Crippen LogP contribution in [0.25, 0.3) is 116 Å². The highest BCUT2D eigenvalue weighted by atomic mass is 79.9. The molecule has 588 valence electrons. The molecule has 0 unspecified atom stereocenters. The highest BCUT2D eigenvalue weighted by Gasteiger charge is 2.53. The number of hydrogen-bond donors (Lipinski definition) is 0. The predicted molar refractivity (Wildman–Crippen MR) is 518 cm³/mol. The quantitative estimate of drug-likeness (QED) is 0.120. The lowest BCUT2D eigenvalue weighted by atomic mass is 9.79. The molecule has 0 bridgehead atoms. The monoisotopic (exact) mass is 1680 g/mol. The Balaban J connectivity index is 0.000000119. The van der Waals surface area contributed by atoms with Crippen LogP contribution in [0.15, 0.2) is 338 Å². The second kappa shape index (κ2) is 29.7. The SMILES string of the molecule is CC1(C)OB(c2ccc(N(c3ccc(B4OC(C)(C)C(C)(C)O4)cc3)c3ccc(-c4cccc5c4sc4ccccc45)cc3)cc2)OC1(C)C.CC1(C)c2cc(-c3cccc4c3sc3ccccc34)ccc2-c2ccc(N(c3ccccc3)c3ccccc3)cc21.CC1(C)c2cc(Br)ccc2-c2ccc(-c3cccc4c3sc3ccccc34)cc21. The molecule has 2 aliphatic carbocycles. The maximum Gasteiger partial charge on any atom is 0.494 e. The van der Waals surface area contributed by atoms with E-state index in [-0.39, 0.29) is 10.8 Å². The van der Waals surface area contributed by atoms with Crippen molar-refractivity contribution in [2.24, 2.45) is 0 Å². The Kier molecular flexibility index (Phi) is 19.2. The van der Waals surface area contributed by atoms with Gasteiger partial charge in [-0.25, -0.2) is 0 Å². The van der Waals surface area contributed by atoms with Crippen LogP contribution in [0.1, 0.15) is 105 Å². The van der Waals surface area contributed by atoms with Crippen molar-refractivity contribution in [2.75, 3.05) is 9.80 Å². The van der Waals surface area contributed by atoms with Gasteiger partial charge in [-0.2, -0.15) is 0 Å². The van der Waals surface area contributed by atoms with Crippen LogP contribution in [0, 0.1) is 0 Å². The number of benzene rings is 15. The summed E-state index contributed by atoms with van der Waals surface area (Å²) in [5.74, 6) is 0. The Labute approximate surface area is 724 Å². The molecule has 15 aromatic carbocycles. The van der Waals surface area contributed by atoms with Gasteiger partial charge in [0.25, 0.3) is 0 Å². The molecular formula is C108H91B2BrN2O4S3. The summed E-state index contributed by atoms with van der Waals surface area (Å²) < 4.78 is 34.6. The van der Waals surface area contributed by atoms with Gasteiger partial charge < -0.3 is 28.4 Å². The highest BCUT2D eigenvalue weighted by molar-refractivity contribution is 9.10. The van der Waals surface area contributed by atoms with E-state index < -0.39 is 36.6 Å². The Hall–Kier alpha value is -11.0. The van der Waals surface area contributed by atoms with E-state index in [1.165, 1.54) is 144 Å². The number of nitrogens with zero attached hydrogens (tertiary/aromatic N) is 2. The molecule has 0 radical (unpaired) electrons. The molecular weight excluding hydrogens is 1590 g/mol. The summed E-state index contributed by atoms with van der Waals surface area (Å²) in [5.41, 5.74) is 25.6. The summed E-state index contributed by atoms with van der Waals surface area (Å²) in [6, 6.07) is 121. The molecule has 6 nitrogen and oxygen atoms in total. The van der Waals surface area contributed by atoms with Crippen LogP contribution in [-0.4, -0.2) is 36.6 Å². The Morgan fingerprint density at radius 2 is 0.525 bits per heavy atom. The van der Waals surface area contributed by atoms with Crippen LogP contribution in [-0.2, 0) is 29.4 Å². The van der Waals surface area contributed by atoms with Crippen LogP contribution in [0.2, 0.25) is 0 Å². The minimum Gasteiger partial charge on any atom is -0.399 e. The Bertz CT molecular complexity index is 6880. The molecule has 120 heavy (non-hydrogen) atoms. The number of rotatable bonds is 11. The van der Waals surface area contributed by atoms with Crippen molar-refractivity contribution in [2.45, 2.75) is 116 Å². The zero-order valence-electron chi connectivity index (χ0n) is 69.5. The second-order valence-electron chi connectivity index (χ2n) is 35.3. The number of hydrogen-bond acceptors (Lipinski definition) is 9. The fraction of sp³-hybridized carbons (Fsp3) is 0.167. The molecule has 2 saturated heterocycles. The van der Waals surface area contributed by atoms with Crippen molar-refractivity contribution in [3.05, 3.63) is 360 Å². The van der Waals surface area contributed by atoms with Gasteiger partial charge >= 0.3 is 14.2 Å². The summed E-state index contributed by atoms with van der Waals surface area (Å²) in [4.78, 5) is 4.64. The van der Waals surface area contributed by atoms with Gasteiger partial charge in [-0.1, -0.05) is 262 Å². The summed E-state index contributed by atoms with van der Waals surface area (Å²) in [5, 5.41) is 8.01. The fourth-order valence-corrected chi connectivity index (χ4v) is 22.3. The molecule has 0 N–H and O–H groups in total.